The first-order chi connectivity index (χ1) is 15.4. The number of halogens is 3. The van der Waals surface area contributed by atoms with Gasteiger partial charge in [-0.3, -0.25) is 4.79 Å². The third kappa shape index (κ3) is 6.41. The number of nitrogen functional groups attached to an aromatic ring is 1. The number of carbonyl (C=O) groups excluding carboxylic acids is 1. The van der Waals surface area contributed by atoms with Crippen LogP contribution in [0.25, 0.3) is 0 Å². The lowest BCUT2D eigenvalue weighted by Gasteiger charge is -2.19. The summed E-state index contributed by atoms with van der Waals surface area (Å²) in [4.78, 5) is 12.2. The second-order valence-corrected chi connectivity index (χ2v) is 9.15. The zero-order chi connectivity index (χ0) is 24.2. The molecular weight excluding hydrogens is 455 g/mol. The van der Waals surface area contributed by atoms with Crippen molar-refractivity contribution in [2.45, 2.75) is 44.1 Å². The highest BCUT2D eigenvalue weighted by Crippen LogP contribution is 2.34. The van der Waals surface area contributed by atoms with E-state index < -0.39 is 17.6 Å². The first-order valence-electron chi connectivity index (χ1n) is 9.97. The summed E-state index contributed by atoms with van der Waals surface area (Å²) in [6.07, 6.45) is -4.57. The summed E-state index contributed by atoms with van der Waals surface area (Å²) in [6, 6.07) is 12.5. The Labute approximate surface area is 193 Å². The lowest BCUT2D eigenvalue weighted by molar-refractivity contribution is -0.137. The largest absolute Gasteiger partial charge is 0.486 e. The highest BCUT2D eigenvalue weighted by Gasteiger charge is 2.33. The van der Waals surface area contributed by atoms with E-state index in [-0.39, 0.29) is 28.6 Å². The minimum absolute atomic E-state index is 0.0310. The van der Waals surface area contributed by atoms with Gasteiger partial charge in [-0.2, -0.15) is 13.2 Å². The summed E-state index contributed by atoms with van der Waals surface area (Å²) in [5.74, 6) is 6.13. The van der Waals surface area contributed by atoms with Gasteiger partial charge in [-0.25, -0.2) is 4.68 Å². The number of nitrogens with zero attached hydrogens (tertiary/aromatic N) is 3. The molecule has 0 bridgehead atoms. The van der Waals surface area contributed by atoms with Crippen molar-refractivity contribution in [3.05, 3.63) is 65.5 Å². The molecule has 0 unspecified atom stereocenters. The molecule has 0 aliphatic heterocycles. The molecule has 1 aromatic heterocycles. The van der Waals surface area contributed by atoms with Crippen molar-refractivity contribution < 1.29 is 22.7 Å². The van der Waals surface area contributed by atoms with Gasteiger partial charge in [0.2, 0.25) is 11.1 Å². The highest BCUT2D eigenvalue weighted by atomic mass is 32.2. The second kappa shape index (κ2) is 9.74. The number of aromatic nitrogens is 3. The van der Waals surface area contributed by atoms with Gasteiger partial charge in [-0.05, 0) is 35.2 Å². The minimum Gasteiger partial charge on any atom is -0.486 e. The Balaban J connectivity index is 1.56. The van der Waals surface area contributed by atoms with Crippen LogP contribution in [0, 0.1) is 0 Å². The number of rotatable bonds is 7. The fourth-order valence-corrected chi connectivity index (χ4v) is 3.53. The Morgan fingerprint density at radius 2 is 1.76 bits per heavy atom. The van der Waals surface area contributed by atoms with Crippen LogP contribution in [0.4, 0.5) is 18.9 Å². The van der Waals surface area contributed by atoms with E-state index in [4.69, 9.17) is 10.6 Å². The fraction of sp³-hybridized carbons (Fsp3) is 0.318. The number of amides is 1. The SMILES string of the molecule is CC(C)(C)c1ccc(OCc2nnc(SCC(=O)Nc3ccccc3C(F)(F)F)n2N)cc1. The Morgan fingerprint density at radius 3 is 2.39 bits per heavy atom. The van der Waals surface area contributed by atoms with Gasteiger partial charge in [0.15, 0.2) is 5.82 Å². The number of carbonyl (C=O) groups is 1. The summed E-state index contributed by atoms with van der Waals surface area (Å²) in [5, 5.41) is 10.4. The number of nitrogens with two attached hydrogens (primary N) is 1. The zero-order valence-corrected chi connectivity index (χ0v) is 19.1. The second-order valence-electron chi connectivity index (χ2n) is 8.21. The van der Waals surface area contributed by atoms with E-state index >= 15 is 0 Å². The van der Waals surface area contributed by atoms with Crippen LogP contribution in [0.3, 0.4) is 0 Å². The number of anilines is 1. The van der Waals surface area contributed by atoms with Crippen LogP contribution >= 0.6 is 11.8 Å². The van der Waals surface area contributed by atoms with Gasteiger partial charge >= 0.3 is 6.18 Å². The first-order valence-corrected chi connectivity index (χ1v) is 11.0. The summed E-state index contributed by atoms with van der Waals surface area (Å²) in [5.41, 5.74) is -0.0215. The van der Waals surface area contributed by atoms with Gasteiger partial charge in [0.25, 0.3) is 0 Å². The van der Waals surface area contributed by atoms with Crippen molar-refractivity contribution in [3.63, 3.8) is 0 Å². The number of thioether (sulfide) groups is 1. The Bertz CT molecular complexity index is 1110. The molecular formula is C22H24F3N5O2S. The molecule has 0 aliphatic carbocycles. The van der Waals surface area contributed by atoms with Crippen LogP contribution in [0.5, 0.6) is 5.75 Å². The molecule has 1 amide bonds. The van der Waals surface area contributed by atoms with Crippen LogP contribution < -0.4 is 15.9 Å². The molecule has 0 saturated carbocycles. The molecule has 7 nitrogen and oxygen atoms in total. The van der Waals surface area contributed by atoms with Gasteiger partial charge in [-0.1, -0.05) is 56.8 Å². The van der Waals surface area contributed by atoms with Crippen LogP contribution in [-0.4, -0.2) is 26.5 Å². The number of alkyl halides is 3. The number of hydrogen-bond donors (Lipinski definition) is 2. The summed E-state index contributed by atoms with van der Waals surface area (Å²) in [6.45, 7) is 6.42. The van der Waals surface area contributed by atoms with Crippen LogP contribution in [-0.2, 0) is 23.0 Å². The van der Waals surface area contributed by atoms with Gasteiger partial charge < -0.3 is 15.9 Å². The monoisotopic (exact) mass is 479 g/mol. The number of benzene rings is 2. The maximum absolute atomic E-state index is 13.1. The van der Waals surface area contributed by atoms with E-state index in [2.05, 4.69) is 36.3 Å². The van der Waals surface area contributed by atoms with Crippen LogP contribution in [0.1, 0.15) is 37.7 Å². The van der Waals surface area contributed by atoms with Gasteiger partial charge in [-0.15, -0.1) is 10.2 Å². The number of ether oxygens (including phenoxy) is 1. The first kappa shape index (κ1) is 24.4. The molecule has 0 spiro atoms. The molecule has 0 atom stereocenters. The minimum atomic E-state index is -4.57. The van der Waals surface area contributed by atoms with E-state index in [1.807, 2.05) is 24.3 Å². The number of hydrogen-bond acceptors (Lipinski definition) is 6. The zero-order valence-electron chi connectivity index (χ0n) is 18.3. The third-order valence-electron chi connectivity index (χ3n) is 4.66. The van der Waals surface area contributed by atoms with Gasteiger partial charge in [0.05, 0.1) is 17.0 Å². The van der Waals surface area contributed by atoms with Gasteiger partial charge in [0, 0.05) is 0 Å². The molecule has 3 aromatic rings. The van der Waals surface area contributed by atoms with E-state index in [1.54, 1.807) is 0 Å². The lowest BCUT2D eigenvalue weighted by Crippen LogP contribution is -2.19. The average molecular weight is 480 g/mol. The molecule has 0 radical (unpaired) electrons. The standard InChI is InChI=1S/C22H24F3N5O2S/c1-21(2,3)14-8-10-15(11-9-14)32-12-18-28-29-20(30(18)26)33-13-19(31)27-17-7-5-4-6-16(17)22(23,24)25/h4-11H,12-13,26H2,1-3H3,(H,27,31). The molecule has 2 aromatic carbocycles. The van der Waals surface area contributed by atoms with E-state index in [1.165, 1.54) is 28.4 Å². The molecule has 1 heterocycles. The van der Waals surface area contributed by atoms with Crippen LogP contribution in [0.15, 0.2) is 53.7 Å². The van der Waals surface area contributed by atoms with Crippen molar-refractivity contribution in [3.8, 4) is 5.75 Å². The van der Waals surface area contributed by atoms with Crippen molar-refractivity contribution >= 4 is 23.4 Å². The maximum Gasteiger partial charge on any atom is 0.418 e. The molecule has 0 saturated heterocycles. The highest BCUT2D eigenvalue weighted by molar-refractivity contribution is 7.99. The number of nitrogens with one attached hydrogen (secondary N) is 1. The Hall–Kier alpha value is -3.21. The predicted molar refractivity (Wildman–Crippen MR) is 120 cm³/mol. The van der Waals surface area contributed by atoms with E-state index in [9.17, 15) is 18.0 Å². The molecule has 3 rings (SSSR count). The predicted octanol–water partition coefficient (Wildman–Crippen LogP) is 4.62. The Morgan fingerprint density at radius 1 is 1.09 bits per heavy atom. The third-order valence-corrected chi connectivity index (χ3v) is 5.61. The topological polar surface area (TPSA) is 95.1 Å². The smallest absolute Gasteiger partial charge is 0.418 e. The molecule has 0 fully saturated rings. The van der Waals surface area contributed by atoms with E-state index in [0.717, 1.165) is 17.8 Å². The maximum atomic E-state index is 13.1. The summed E-state index contributed by atoms with van der Waals surface area (Å²) >= 11 is 0.950. The summed E-state index contributed by atoms with van der Waals surface area (Å²) in [7, 11) is 0. The molecule has 33 heavy (non-hydrogen) atoms. The summed E-state index contributed by atoms with van der Waals surface area (Å²) < 4.78 is 46.1. The fourth-order valence-electron chi connectivity index (χ4n) is 2.86. The number of para-hydroxylation sites is 1. The average Bonchev–Trinajstić information content (AvgIpc) is 3.09. The normalized spacial score (nSPS) is 11.9. The van der Waals surface area contributed by atoms with Crippen molar-refractivity contribution in [1.82, 2.24) is 14.9 Å². The van der Waals surface area contributed by atoms with Crippen molar-refractivity contribution in [2.24, 2.45) is 0 Å². The Kier molecular flexibility index (Phi) is 7.21. The van der Waals surface area contributed by atoms with E-state index in [0.29, 0.717) is 11.6 Å². The molecule has 0 aliphatic rings. The molecule has 3 N–H and O–H groups in total. The molecule has 11 heteroatoms. The quantitative estimate of drug-likeness (QED) is 0.379. The van der Waals surface area contributed by atoms with Crippen molar-refractivity contribution in [1.29, 1.82) is 0 Å². The van der Waals surface area contributed by atoms with Crippen LogP contribution in [0.2, 0.25) is 0 Å². The van der Waals surface area contributed by atoms with Crippen molar-refractivity contribution in [2.75, 3.05) is 16.9 Å². The lowest BCUT2D eigenvalue weighted by atomic mass is 9.87. The molecule has 176 valence electrons. The van der Waals surface area contributed by atoms with Gasteiger partial charge in [0.1, 0.15) is 12.4 Å².